The maximum Gasteiger partial charge on any atom is 0.189 e. The Kier molecular flexibility index (Phi) is 6.61. The molecule has 0 saturated heterocycles. The molecule has 11 rings (SSSR count). The summed E-state index contributed by atoms with van der Waals surface area (Å²) in [5, 5.41) is 17.7. The molecule has 0 aliphatic carbocycles. The van der Waals surface area contributed by atoms with Crippen molar-refractivity contribution in [1.82, 2.24) is 13.7 Å². The Balaban J connectivity index is 1.25. The zero-order valence-electron chi connectivity index (χ0n) is 29.5. The standard InChI is InChI=1S/C50H29N5/c1-52-33-28-29-38-36-17-4-9-23-43(36)54(48(38)30-33)44-24-10-5-18-37(44)39-20-12-14-32(31-51)50(39)55-45-25-11-6-19-40(45)49-46(26-13-27-47(49)55)53-41-21-7-2-15-34(41)35-16-3-8-22-42(35)53/h2-30H. The fraction of sp³-hybridized carbons (Fsp3) is 0. The van der Waals surface area contributed by atoms with Crippen molar-refractivity contribution < 1.29 is 0 Å². The van der Waals surface area contributed by atoms with E-state index in [-0.39, 0.29) is 0 Å². The Morgan fingerprint density at radius 3 is 1.56 bits per heavy atom. The third-order valence-corrected chi connectivity index (χ3v) is 11.1. The summed E-state index contributed by atoms with van der Waals surface area (Å²) in [7, 11) is 0. The van der Waals surface area contributed by atoms with Crippen molar-refractivity contribution in [3.63, 3.8) is 0 Å². The van der Waals surface area contributed by atoms with E-state index in [2.05, 4.69) is 176 Å². The summed E-state index contributed by atoms with van der Waals surface area (Å²) in [5.41, 5.74) is 12.3. The molecule has 5 nitrogen and oxygen atoms in total. The number of fused-ring (bicyclic) bond motifs is 9. The molecular weight excluding hydrogens is 671 g/mol. The van der Waals surface area contributed by atoms with Gasteiger partial charge < -0.3 is 13.7 Å². The number of aromatic nitrogens is 3. The Morgan fingerprint density at radius 2 is 0.909 bits per heavy atom. The normalized spacial score (nSPS) is 11.6. The van der Waals surface area contributed by atoms with Crippen LogP contribution in [0, 0.1) is 17.9 Å². The van der Waals surface area contributed by atoms with Crippen molar-refractivity contribution in [3.8, 4) is 34.3 Å². The fourth-order valence-electron chi connectivity index (χ4n) is 8.89. The smallest absolute Gasteiger partial charge is 0.189 e. The van der Waals surface area contributed by atoms with Gasteiger partial charge in [0.1, 0.15) is 6.07 Å². The van der Waals surface area contributed by atoms with E-state index in [1.54, 1.807) is 0 Å². The summed E-state index contributed by atoms with van der Waals surface area (Å²) >= 11 is 0. The summed E-state index contributed by atoms with van der Waals surface area (Å²) in [6, 6.07) is 63.6. The van der Waals surface area contributed by atoms with Crippen molar-refractivity contribution >= 4 is 71.1 Å². The molecule has 11 aromatic rings. The molecule has 55 heavy (non-hydrogen) atoms. The van der Waals surface area contributed by atoms with E-state index in [0.29, 0.717) is 11.3 Å². The molecule has 0 amide bonds. The monoisotopic (exact) mass is 699 g/mol. The molecule has 0 unspecified atom stereocenters. The van der Waals surface area contributed by atoms with Gasteiger partial charge in [0.2, 0.25) is 0 Å². The Bertz CT molecular complexity index is 3420. The van der Waals surface area contributed by atoms with Gasteiger partial charge in [-0.25, -0.2) is 4.85 Å². The fourth-order valence-corrected chi connectivity index (χ4v) is 8.89. The minimum atomic E-state index is 0.578. The van der Waals surface area contributed by atoms with Crippen LogP contribution >= 0.6 is 0 Å². The molecule has 0 radical (unpaired) electrons. The number of hydrogen-bond donors (Lipinski definition) is 0. The van der Waals surface area contributed by atoms with Crippen molar-refractivity contribution in [3.05, 3.63) is 193 Å². The van der Waals surface area contributed by atoms with Gasteiger partial charge in [-0.3, -0.25) is 0 Å². The molecule has 5 heteroatoms. The van der Waals surface area contributed by atoms with Gasteiger partial charge in [0.25, 0.3) is 0 Å². The highest BCUT2D eigenvalue weighted by Gasteiger charge is 2.24. The first-order chi connectivity index (χ1) is 27.2. The van der Waals surface area contributed by atoms with Crippen molar-refractivity contribution in [1.29, 1.82) is 5.26 Å². The van der Waals surface area contributed by atoms with Crippen LogP contribution in [0.1, 0.15) is 5.56 Å². The molecule has 3 aromatic heterocycles. The quantitative estimate of drug-likeness (QED) is 0.169. The lowest BCUT2D eigenvalue weighted by Crippen LogP contribution is -2.03. The lowest BCUT2D eigenvalue weighted by atomic mass is 9.98. The Labute approximate surface area is 316 Å². The van der Waals surface area contributed by atoms with Crippen LogP contribution in [0.3, 0.4) is 0 Å². The third kappa shape index (κ3) is 4.33. The summed E-state index contributed by atoms with van der Waals surface area (Å²) in [6.07, 6.45) is 0. The lowest BCUT2D eigenvalue weighted by Gasteiger charge is -2.19. The van der Waals surface area contributed by atoms with E-state index in [9.17, 15) is 5.26 Å². The summed E-state index contributed by atoms with van der Waals surface area (Å²) < 4.78 is 6.94. The zero-order valence-corrected chi connectivity index (χ0v) is 29.5. The van der Waals surface area contributed by atoms with Gasteiger partial charge >= 0.3 is 0 Å². The maximum absolute atomic E-state index is 10.9. The molecule has 0 aliphatic rings. The molecule has 254 valence electrons. The van der Waals surface area contributed by atoms with Crippen LogP contribution in [0.5, 0.6) is 0 Å². The van der Waals surface area contributed by atoms with Gasteiger partial charge in [-0.1, -0.05) is 121 Å². The summed E-state index contributed by atoms with van der Waals surface area (Å²) in [5.74, 6) is 0. The minimum absolute atomic E-state index is 0.578. The SMILES string of the molecule is [C-]#[N+]c1ccc2c3ccccc3n(-c3ccccc3-c3cccc(C#N)c3-n3c4ccccc4c4c(-n5c6ccccc6c6ccccc65)cccc43)c2c1. The van der Waals surface area contributed by atoms with E-state index >= 15 is 0 Å². The van der Waals surface area contributed by atoms with Gasteiger partial charge in [-0.15, -0.1) is 0 Å². The van der Waals surface area contributed by atoms with E-state index in [1.807, 2.05) is 24.3 Å². The predicted octanol–water partition coefficient (Wildman–Crippen LogP) is 13.1. The van der Waals surface area contributed by atoms with E-state index < -0.39 is 0 Å². The Hall–Kier alpha value is -7.86. The molecule has 0 saturated carbocycles. The lowest BCUT2D eigenvalue weighted by molar-refractivity contribution is 1.15. The molecule has 0 spiro atoms. The van der Waals surface area contributed by atoms with Crippen LogP contribution < -0.4 is 0 Å². The molecule has 0 N–H and O–H groups in total. The van der Waals surface area contributed by atoms with Crippen LogP contribution in [-0.4, -0.2) is 13.7 Å². The molecule has 0 fully saturated rings. The van der Waals surface area contributed by atoms with Gasteiger partial charge in [-0.2, -0.15) is 5.26 Å². The van der Waals surface area contributed by atoms with Crippen molar-refractivity contribution in [2.45, 2.75) is 0 Å². The van der Waals surface area contributed by atoms with E-state index in [1.165, 1.54) is 10.8 Å². The molecule has 0 bridgehead atoms. The summed E-state index contributed by atoms with van der Waals surface area (Å²) in [4.78, 5) is 3.79. The topological polar surface area (TPSA) is 42.9 Å². The maximum atomic E-state index is 10.9. The number of nitrogens with zero attached hydrogens (tertiary/aromatic N) is 5. The second-order valence-corrected chi connectivity index (χ2v) is 13.9. The van der Waals surface area contributed by atoms with Gasteiger partial charge in [0.15, 0.2) is 5.69 Å². The number of hydrogen-bond acceptors (Lipinski definition) is 1. The van der Waals surface area contributed by atoms with Crippen LogP contribution in [0.2, 0.25) is 0 Å². The van der Waals surface area contributed by atoms with E-state index in [4.69, 9.17) is 6.57 Å². The number of benzene rings is 8. The van der Waals surface area contributed by atoms with Crippen LogP contribution in [0.4, 0.5) is 5.69 Å². The zero-order chi connectivity index (χ0) is 36.6. The van der Waals surface area contributed by atoms with Crippen molar-refractivity contribution in [2.75, 3.05) is 0 Å². The predicted molar refractivity (Wildman–Crippen MR) is 226 cm³/mol. The van der Waals surface area contributed by atoms with Crippen molar-refractivity contribution in [2.24, 2.45) is 0 Å². The third-order valence-electron chi connectivity index (χ3n) is 11.1. The number of nitriles is 1. The van der Waals surface area contributed by atoms with Gasteiger partial charge in [0.05, 0.1) is 56.8 Å². The molecule has 0 aliphatic heterocycles. The Morgan fingerprint density at radius 1 is 0.418 bits per heavy atom. The molecule has 0 atom stereocenters. The number of para-hydroxylation sites is 6. The average molecular weight is 700 g/mol. The van der Waals surface area contributed by atoms with E-state index in [0.717, 1.165) is 82.8 Å². The highest BCUT2D eigenvalue weighted by molar-refractivity contribution is 6.17. The second-order valence-electron chi connectivity index (χ2n) is 13.9. The van der Waals surface area contributed by atoms with Crippen LogP contribution in [0.15, 0.2) is 176 Å². The van der Waals surface area contributed by atoms with Gasteiger partial charge in [0, 0.05) is 49.0 Å². The molecule has 8 aromatic carbocycles. The van der Waals surface area contributed by atoms with Crippen LogP contribution in [-0.2, 0) is 0 Å². The molecule has 3 heterocycles. The summed E-state index contributed by atoms with van der Waals surface area (Å²) in [6.45, 7) is 7.81. The first-order valence-corrected chi connectivity index (χ1v) is 18.3. The highest BCUT2D eigenvalue weighted by Crippen LogP contribution is 2.44. The first-order valence-electron chi connectivity index (χ1n) is 18.3. The second kappa shape index (κ2) is 11.8. The highest BCUT2D eigenvalue weighted by atomic mass is 15.0. The average Bonchev–Trinajstić information content (AvgIpc) is 3.89. The molecular formula is C50H29N5. The first kappa shape index (κ1) is 30.7. The number of rotatable bonds is 4. The van der Waals surface area contributed by atoms with Crippen LogP contribution in [0.25, 0.3) is 98.5 Å². The largest absolute Gasteiger partial charge is 0.310 e. The minimum Gasteiger partial charge on any atom is -0.310 e. The van der Waals surface area contributed by atoms with Gasteiger partial charge in [-0.05, 0) is 54.6 Å².